The van der Waals surface area contributed by atoms with E-state index in [0.717, 1.165) is 22.2 Å². The van der Waals surface area contributed by atoms with E-state index in [1.54, 1.807) is 12.0 Å². The van der Waals surface area contributed by atoms with E-state index in [9.17, 15) is 4.79 Å². The number of nitrogens with zero attached hydrogens (tertiary/aromatic N) is 5. The number of amides is 1. The highest BCUT2D eigenvalue weighted by Crippen LogP contribution is 2.26. The average Bonchev–Trinajstić information content (AvgIpc) is 3.30. The summed E-state index contributed by atoms with van der Waals surface area (Å²) in [5.74, 6) is 1.50. The minimum absolute atomic E-state index is 0.0715. The fraction of sp³-hybridized carbons (Fsp3) is 0.333. The van der Waals surface area contributed by atoms with Crippen molar-refractivity contribution in [2.75, 3.05) is 13.7 Å². The van der Waals surface area contributed by atoms with Crippen molar-refractivity contribution in [3.8, 4) is 10.6 Å². The van der Waals surface area contributed by atoms with Gasteiger partial charge in [0.05, 0.1) is 12.6 Å². The predicted molar refractivity (Wildman–Crippen MR) is 97.7 cm³/mol. The maximum atomic E-state index is 12.9. The number of rotatable bonds is 4. The second kappa shape index (κ2) is 6.97. The molecule has 0 bridgehead atoms. The Morgan fingerprint density at radius 3 is 2.88 bits per heavy atom. The zero-order valence-corrected chi connectivity index (χ0v) is 15.4. The number of fused-ring (bicyclic) bond motifs is 1. The number of ether oxygens (including phenoxy) is 1. The van der Waals surface area contributed by atoms with Crippen LogP contribution in [-0.2, 0) is 17.9 Å². The van der Waals surface area contributed by atoms with Crippen molar-refractivity contribution in [1.29, 1.82) is 0 Å². The van der Waals surface area contributed by atoms with E-state index < -0.39 is 0 Å². The normalized spacial score (nSPS) is 16.5. The van der Waals surface area contributed by atoms with Gasteiger partial charge in [-0.2, -0.15) is 0 Å². The van der Waals surface area contributed by atoms with Crippen LogP contribution in [-0.4, -0.2) is 44.2 Å². The molecule has 0 saturated heterocycles. The van der Waals surface area contributed by atoms with Gasteiger partial charge in [0.25, 0.3) is 5.91 Å². The predicted octanol–water partition coefficient (Wildman–Crippen LogP) is 2.77. The third-order valence-corrected chi connectivity index (χ3v) is 5.29. The first kappa shape index (κ1) is 16.9. The lowest BCUT2D eigenvalue weighted by atomic mass is 10.2. The molecule has 1 amide bonds. The number of benzene rings is 1. The molecule has 7 nitrogen and oxygen atoms in total. The molecule has 3 aromatic rings. The van der Waals surface area contributed by atoms with Crippen molar-refractivity contribution in [1.82, 2.24) is 24.6 Å². The van der Waals surface area contributed by atoms with Gasteiger partial charge < -0.3 is 14.2 Å². The zero-order valence-electron chi connectivity index (χ0n) is 14.6. The van der Waals surface area contributed by atoms with Crippen molar-refractivity contribution in [2.24, 2.45) is 0 Å². The van der Waals surface area contributed by atoms with E-state index in [-0.39, 0.29) is 11.9 Å². The van der Waals surface area contributed by atoms with Crippen LogP contribution < -0.4 is 0 Å². The Hall–Kier alpha value is -2.58. The molecule has 1 aliphatic heterocycles. The number of aromatic nitrogens is 4. The van der Waals surface area contributed by atoms with Crippen LogP contribution in [0.2, 0.25) is 0 Å². The highest BCUT2D eigenvalue weighted by molar-refractivity contribution is 7.13. The van der Waals surface area contributed by atoms with Gasteiger partial charge in [-0.1, -0.05) is 30.3 Å². The summed E-state index contributed by atoms with van der Waals surface area (Å²) in [4.78, 5) is 19.2. The van der Waals surface area contributed by atoms with E-state index in [4.69, 9.17) is 4.74 Å². The first-order chi connectivity index (χ1) is 12.7. The van der Waals surface area contributed by atoms with Crippen LogP contribution in [0.5, 0.6) is 0 Å². The maximum absolute atomic E-state index is 12.9. The van der Waals surface area contributed by atoms with E-state index in [0.29, 0.717) is 25.4 Å². The third-order valence-electron chi connectivity index (χ3n) is 4.40. The average molecular weight is 369 g/mol. The first-order valence-corrected chi connectivity index (χ1v) is 9.27. The van der Waals surface area contributed by atoms with Gasteiger partial charge in [-0.05, 0) is 6.92 Å². The van der Waals surface area contributed by atoms with Crippen molar-refractivity contribution in [3.05, 3.63) is 53.1 Å². The van der Waals surface area contributed by atoms with Crippen molar-refractivity contribution >= 4 is 17.2 Å². The summed E-state index contributed by atoms with van der Waals surface area (Å²) in [6.45, 7) is 3.50. The van der Waals surface area contributed by atoms with Crippen molar-refractivity contribution in [2.45, 2.75) is 26.1 Å². The molecule has 4 rings (SSSR count). The molecule has 2 aromatic heterocycles. The lowest BCUT2D eigenvalue weighted by molar-refractivity contribution is 0.0670. The lowest BCUT2D eigenvalue weighted by Gasteiger charge is -2.32. The summed E-state index contributed by atoms with van der Waals surface area (Å²) < 4.78 is 7.24. The SMILES string of the molecule is COCc1nnc2n1[C@@H](C)CN(C(=O)c1csc(-c3ccccc3)n1)C2. The second-order valence-corrected chi connectivity index (χ2v) is 7.13. The molecule has 0 spiro atoms. The van der Waals surface area contributed by atoms with Gasteiger partial charge in [0.15, 0.2) is 11.6 Å². The van der Waals surface area contributed by atoms with Gasteiger partial charge >= 0.3 is 0 Å². The van der Waals surface area contributed by atoms with Crippen LogP contribution in [0.25, 0.3) is 10.6 Å². The molecule has 8 heteroatoms. The van der Waals surface area contributed by atoms with Gasteiger partial charge in [0.2, 0.25) is 0 Å². The minimum Gasteiger partial charge on any atom is -0.377 e. The number of methoxy groups -OCH3 is 1. The molecule has 0 fully saturated rings. The quantitative estimate of drug-likeness (QED) is 0.707. The van der Waals surface area contributed by atoms with E-state index in [2.05, 4.69) is 26.7 Å². The number of carbonyl (C=O) groups is 1. The Labute approximate surface area is 155 Å². The minimum atomic E-state index is -0.0715. The molecule has 0 unspecified atom stereocenters. The number of hydrogen-bond donors (Lipinski definition) is 0. The van der Waals surface area contributed by atoms with Gasteiger partial charge in [-0.3, -0.25) is 4.79 Å². The second-order valence-electron chi connectivity index (χ2n) is 6.27. The largest absolute Gasteiger partial charge is 0.377 e. The van der Waals surface area contributed by atoms with Gasteiger partial charge in [0, 0.05) is 24.6 Å². The molecule has 1 aromatic carbocycles. The van der Waals surface area contributed by atoms with Gasteiger partial charge in [-0.15, -0.1) is 21.5 Å². The summed E-state index contributed by atoms with van der Waals surface area (Å²) in [5.41, 5.74) is 1.50. The van der Waals surface area contributed by atoms with Crippen LogP contribution in [0.15, 0.2) is 35.7 Å². The summed E-state index contributed by atoms with van der Waals surface area (Å²) in [6, 6.07) is 9.98. The molecule has 0 saturated carbocycles. The zero-order chi connectivity index (χ0) is 18.1. The van der Waals surface area contributed by atoms with Crippen LogP contribution in [0.3, 0.4) is 0 Å². The molecule has 0 radical (unpaired) electrons. The Kier molecular flexibility index (Phi) is 4.52. The van der Waals surface area contributed by atoms with E-state index in [1.807, 2.05) is 35.7 Å². The molecular weight excluding hydrogens is 350 g/mol. The first-order valence-electron chi connectivity index (χ1n) is 8.39. The van der Waals surface area contributed by atoms with E-state index in [1.165, 1.54) is 11.3 Å². The fourth-order valence-corrected chi connectivity index (χ4v) is 4.04. The maximum Gasteiger partial charge on any atom is 0.273 e. The summed E-state index contributed by atoms with van der Waals surface area (Å²) in [7, 11) is 1.64. The third kappa shape index (κ3) is 3.02. The molecule has 1 aliphatic rings. The number of hydrogen-bond acceptors (Lipinski definition) is 6. The summed E-state index contributed by atoms with van der Waals surface area (Å²) in [5, 5.41) is 11.1. The van der Waals surface area contributed by atoms with Crippen molar-refractivity contribution in [3.63, 3.8) is 0 Å². The fourth-order valence-electron chi connectivity index (χ4n) is 3.24. The number of carbonyl (C=O) groups excluding carboxylic acids is 1. The molecule has 1 atom stereocenters. The van der Waals surface area contributed by atoms with Crippen LogP contribution in [0.1, 0.15) is 35.1 Å². The molecule has 134 valence electrons. The Balaban J connectivity index is 1.55. The Bertz CT molecular complexity index is 921. The molecule has 0 aliphatic carbocycles. The monoisotopic (exact) mass is 369 g/mol. The van der Waals surface area contributed by atoms with E-state index >= 15 is 0 Å². The van der Waals surface area contributed by atoms with Crippen LogP contribution in [0.4, 0.5) is 0 Å². The van der Waals surface area contributed by atoms with Gasteiger partial charge in [-0.25, -0.2) is 4.98 Å². The van der Waals surface area contributed by atoms with Crippen LogP contribution >= 0.6 is 11.3 Å². The smallest absolute Gasteiger partial charge is 0.273 e. The Morgan fingerprint density at radius 2 is 2.12 bits per heavy atom. The number of thiazole rings is 1. The highest BCUT2D eigenvalue weighted by atomic mass is 32.1. The molecular formula is C18H19N5O2S. The molecule has 3 heterocycles. The van der Waals surface area contributed by atoms with Crippen LogP contribution in [0, 0.1) is 0 Å². The standard InChI is InChI=1S/C18H19N5O2S/c1-12-8-22(9-15-20-21-16(10-25-2)23(12)15)18(24)14-11-26-17(19-14)13-6-4-3-5-7-13/h3-7,11-12H,8-10H2,1-2H3/t12-/m0/s1. The van der Waals surface area contributed by atoms with Crippen molar-refractivity contribution < 1.29 is 9.53 Å². The van der Waals surface area contributed by atoms with Gasteiger partial charge in [0.1, 0.15) is 17.3 Å². The lowest BCUT2D eigenvalue weighted by Crippen LogP contribution is -2.41. The topological polar surface area (TPSA) is 73.1 Å². The summed E-state index contributed by atoms with van der Waals surface area (Å²) >= 11 is 1.48. The highest BCUT2D eigenvalue weighted by Gasteiger charge is 2.30. The summed E-state index contributed by atoms with van der Waals surface area (Å²) in [6.07, 6.45) is 0. The molecule has 0 N–H and O–H groups in total. The Morgan fingerprint density at radius 1 is 1.31 bits per heavy atom. The molecule has 26 heavy (non-hydrogen) atoms.